The third kappa shape index (κ3) is 3.19. The fourth-order valence-electron chi connectivity index (χ4n) is 1.57. The molecule has 0 fully saturated rings. The molecule has 0 aliphatic carbocycles. The maximum absolute atomic E-state index is 12.2. The zero-order valence-corrected chi connectivity index (χ0v) is 13.0. The average Bonchev–Trinajstić information content (AvgIpc) is 2.77. The number of aryl methyl sites for hydroxylation is 1. The van der Waals surface area contributed by atoms with Crippen molar-refractivity contribution in [3.63, 3.8) is 0 Å². The molecule has 0 aliphatic heterocycles. The van der Waals surface area contributed by atoms with Crippen LogP contribution in [0.2, 0.25) is 0 Å². The van der Waals surface area contributed by atoms with E-state index in [4.69, 9.17) is 9.52 Å². The van der Waals surface area contributed by atoms with Crippen LogP contribution in [0.1, 0.15) is 16.1 Å². The second-order valence-corrected chi connectivity index (χ2v) is 6.53. The zero-order chi connectivity index (χ0) is 15.8. The lowest BCUT2D eigenvalue weighted by Gasteiger charge is -2.08. The number of phenols is 1. The fraction of sp³-hybridized carbons (Fsp3) is 0.0833. The van der Waals surface area contributed by atoms with Crippen LogP contribution in [0.5, 0.6) is 5.75 Å². The summed E-state index contributed by atoms with van der Waals surface area (Å²) >= 11 is 2.87. The minimum atomic E-state index is -4.02. The first-order valence-corrected chi connectivity index (χ1v) is 7.83. The number of halogens is 1. The monoisotopic (exact) mass is 375 g/mol. The summed E-state index contributed by atoms with van der Waals surface area (Å²) in [5.41, 5.74) is 0.725. The zero-order valence-electron chi connectivity index (χ0n) is 10.6. The van der Waals surface area contributed by atoms with E-state index in [-0.39, 0.29) is 21.0 Å². The second kappa shape index (κ2) is 5.41. The molecule has 9 heteroatoms. The van der Waals surface area contributed by atoms with Crippen molar-refractivity contribution in [2.24, 2.45) is 0 Å². The fourth-order valence-corrected chi connectivity index (χ4v) is 3.56. The number of sulfonamides is 1. The Morgan fingerprint density at radius 1 is 1.33 bits per heavy atom. The summed E-state index contributed by atoms with van der Waals surface area (Å²) in [7, 11) is -4.02. The molecule has 0 unspecified atom stereocenters. The Hall–Kier alpha value is -2.00. The number of hydrogen-bond donors (Lipinski definition) is 3. The number of rotatable bonds is 4. The van der Waals surface area contributed by atoms with Crippen molar-refractivity contribution in [3.8, 4) is 5.75 Å². The van der Waals surface area contributed by atoms with Gasteiger partial charge in [0.25, 0.3) is 10.0 Å². The predicted octanol–water partition coefficient (Wildman–Crippen LogP) is 2.56. The number of anilines is 1. The van der Waals surface area contributed by atoms with Crippen LogP contribution in [-0.4, -0.2) is 24.6 Å². The Morgan fingerprint density at radius 2 is 2.00 bits per heavy atom. The SMILES string of the molecule is Cc1cc(NS(=O)(=O)c2cc(C(=O)O)oc2Br)ccc1O. The lowest BCUT2D eigenvalue weighted by atomic mass is 10.2. The van der Waals surface area contributed by atoms with Gasteiger partial charge >= 0.3 is 5.97 Å². The highest BCUT2D eigenvalue weighted by atomic mass is 79.9. The molecule has 0 spiro atoms. The summed E-state index contributed by atoms with van der Waals surface area (Å²) in [5, 5.41) is 18.2. The highest BCUT2D eigenvalue weighted by Crippen LogP contribution is 2.29. The van der Waals surface area contributed by atoms with Gasteiger partial charge in [0.15, 0.2) is 4.67 Å². The van der Waals surface area contributed by atoms with Crippen LogP contribution in [-0.2, 0) is 10.0 Å². The lowest BCUT2D eigenvalue weighted by Crippen LogP contribution is -2.12. The van der Waals surface area contributed by atoms with E-state index in [0.717, 1.165) is 6.07 Å². The van der Waals surface area contributed by atoms with Crippen LogP contribution in [0.25, 0.3) is 0 Å². The summed E-state index contributed by atoms with van der Waals surface area (Å²) in [6.07, 6.45) is 0. The first-order chi connectivity index (χ1) is 9.70. The molecule has 1 aromatic carbocycles. The van der Waals surface area contributed by atoms with Crippen LogP contribution in [0.3, 0.4) is 0 Å². The van der Waals surface area contributed by atoms with Gasteiger partial charge in [-0.25, -0.2) is 13.2 Å². The number of hydrogen-bond acceptors (Lipinski definition) is 5. The summed E-state index contributed by atoms with van der Waals surface area (Å²) in [4.78, 5) is 10.4. The van der Waals surface area contributed by atoms with Gasteiger partial charge in [-0.3, -0.25) is 4.72 Å². The van der Waals surface area contributed by atoms with Crippen LogP contribution in [0.15, 0.2) is 38.2 Å². The molecule has 0 bridgehead atoms. The van der Waals surface area contributed by atoms with Gasteiger partial charge < -0.3 is 14.6 Å². The molecule has 112 valence electrons. The smallest absolute Gasteiger partial charge is 0.371 e. The molecule has 0 saturated carbocycles. The van der Waals surface area contributed by atoms with E-state index in [2.05, 4.69) is 20.7 Å². The van der Waals surface area contributed by atoms with E-state index in [0.29, 0.717) is 5.56 Å². The van der Waals surface area contributed by atoms with Gasteiger partial charge in [-0.15, -0.1) is 0 Å². The molecule has 2 aromatic rings. The molecule has 0 radical (unpaired) electrons. The van der Waals surface area contributed by atoms with Gasteiger partial charge in [0, 0.05) is 11.8 Å². The van der Waals surface area contributed by atoms with Crippen LogP contribution < -0.4 is 4.72 Å². The van der Waals surface area contributed by atoms with E-state index >= 15 is 0 Å². The Kier molecular flexibility index (Phi) is 3.97. The second-order valence-electron chi connectivity index (χ2n) is 4.16. The normalized spacial score (nSPS) is 11.3. The molecule has 1 aromatic heterocycles. The summed E-state index contributed by atoms with van der Waals surface area (Å²) in [5.74, 6) is -1.84. The van der Waals surface area contributed by atoms with E-state index in [1.54, 1.807) is 6.92 Å². The Labute approximate surface area is 128 Å². The van der Waals surface area contributed by atoms with Gasteiger partial charge in [0.05, 0.1) is 0 Å². The molecular weight excluding hydrogens is 366 g/mol. The first-order valence-electron chi connectivity index (χ1n) is 5.56. The van der Waals surface area contributed by atoms with E-state index in [1.807, 2.05) is 0 Å². The van der Waals surface area contributed by atoms with Gasteiger partial charge in [0.1, 0.15) is 10.6 Å². The van der Waals surface area contributed by atoms with Gasteiger partial charge in [-0.2, -0.15) is 0 Å². The van der Waals surface area contributed by atoms with Crippen molar-refractivity contribution in [3.05, 3.63) is 40.3 Å². The first kappa shape index (κ1) is 15.4. The van der Waals surface area contributed by atoms with E-state index in [1.165, 1.54) is 18.2 Å². The van der Waals surface area contributed by atoms with Crippen molar-refractivity contribution in [1.29, 1.82) is 0 Å². The lowest BCUT2D eigenvalue weighted by molar-refractivity contribution is 0.0661. The van der Waals surface area contributed by atoms with Crippen molar-refractivity contribution in [2.45, 2.75) is 11.8 Å². The van der Waals surface area contributed by atoms with Crippen LogP contribution in [0, 0.1) is 6.92 Å². The van der Waals surface area contributed by atoms with Crippen LogP contribution >= 0.6 is 15.9 Å². The number of benzene rings is 1. The van der Waals surface area contributed by atoms with Gasteiger partial charge in [-0.05, 0) is 46.6 Å². The Bertz CT molecular complexity index is 811. The Morgan fingerprint density at radius 3 is 2.52 bits per heavy atom. The molecule has 7 nitrogen and oxygen atoms in total. The quantitative estimate of drug-likeness (QED) is 0.706. The maximum atomic E-state index is 12.2. The predicted molar refractivity (Wildman–Crippen MR) is 77.0 cm³/mol. The highest BCUT2D eigenvalue weighted by Gasteiger charge is 2.25. The van der Waals surface area contributed by atoms with Gasteiger partial charge in [0.2, 0.25) is 5.76 Å². The number of carboxylic acids is 1. The highest BCUT2D eigenvalue weighted by molar-refractivity contribution is 9.10. The van der Waals surface area contributed by atoms with E-state index in [9.17, 15) is 18.3 Å². The standard InChI is InChI=1S/C12H10BrNO6S/c1-6-4-7(2-3-8(6)15)14-21(18,19)10-5-9(12(16)17)20-11(10)13/h2-5,14-15H,1H3,(H,16,17). The number of carboxylic acid groups (broad SMARTS) is 1. The molecule has 3 N–H and O–H groups in total. The topological polar surface area (TPSA) is 117 Å². The number of phenolic OH excluding ortho intramolecular Hbond substituents is 1. The van der Waals surface area contributed by atoms with Gasteiger partial charge in [-0.1, -0.05) is 0 Å². The summed E-state index contributed by atoms with van der Waals surface area (Å²) in [6, 6.07) is 5.08. The van der Waals surface area contributed by atoms with E-state index < -0.39 is 21.8 Å². The molecule has 0 saturated heterocycles. The van der Waals surface area contributed by atoms with Crippen molar-refractivity contribution in [1.82, 2.24) is 0 Å². The Balaban J connectivity index is 2.38. The largest absolute Gasteiger partial charge is 0.508 e. The third-order valence-corrected chi connectivity index (χ3v) is 4.84. The average molecular weight is 376 g/mol. The minimum absolute atomic E-state index is 0.0376. The number of furan rings is 1. The summed E-state index contributed by atoms with van der Waals surface area (Å²) < 4.78 is 31.3. The van der Waals surface area contributed by atoms with Crippen molar-refractivity contribution < 1.29 is 27.8 Å². The molecule has 0 amide bonds. The third-order valence-electron chi connectivity index (χ3n) is 2.60. The maximum Gasteiger partial charge on any atom is 0.371 e. The molecular formula is C12H10BrNO6S. The molecule has 0 aliphatic rings. The van der Waals surface area contributed by atoms with Crippen molar-refractivity contribution in [2.75, 3.05) is 4.72 Å². The summed E-state index contributed by atoms with van der Waals surface area (Å²) in [6.45, 7) is 1.61. The number of aromatic hydroxyl groups is 1. The minimum Gasteiger partial charge on any atom is -0.508 e. The number of carbonyl (C=O) groups is 1. The molecule has 2 rings (SSSR count). The number of nitrogens with one attached hydrogen (secondary N) is 1. The molecule has 0 atom stereocenters. The van der Waals surface area contributed by atoms with Crippen molar-refractivity contribution >= 4 is 37.6 Å². The number of aromatic carboxylic acids is 1. The van der Waals surface area contributed by atoms with Crippen LogP contribution in [0.4, 0.5) is 5.69 Å². The molecule has 1 heterocycles. The molecule has 21 heavy (non-hydrogen) atoms.